The van der Waals surface area contributed by atoms with Crippen LogP contribution in [0.15, 0.2) is 54.6 Å². The average Bonchev–Trinajstić information content (AvgIpc) is 3.04. The first-order valence-electron chi connectivity index (χ1n) is 8.46. The lowest BCUT2D eigenvalue weighted by molar-refractivity contribution is 0.340. The minimum absolute atomic E-state index is 0.185. The van der Waals surface area contributed by atoms with Gasteiger partial charge in [-0.3, -0.25) is 4.57 Å². The number of nitrogens with two attached hydrogens (primary N) is 1. The highest BCUT2D eigenvalue weighted by molar-refractivity contribution is 5.83. The van der Waals surface area contributed by atoms with Crippen molar-refractivity contribution < 1.29 is 4.74 Å². The number of imidazole rings is 1. The number of rotatable bonds is 4. The molecule has 4 aromatic rings. The minimum atomic E-state index is 0.185. The molecule has 27 heavy (non-hydrogen) atoms. The van der Waals surface area contributed by atoms with Crippen LogP contribution in [0.4, 0.5) is 5.95 Å². The van der Waals surface area contributed by atoms with Gasteiger partial charge in [-0.05, 0) is 43.3 Å². The van der Waals surface area contributed by atoms with Crippen molar-refractivity contribution >= 4 is 17.1 Å². The first-order valence-corrected chi connectivity index (χ1v) is 8.46. The molecule has 2 aromatic carbocycles. The third kappa shape index (κ3) is 2.93. The Morgan fingerprint density at radius 2 is 1.78 bits per heavy atom. The molecule has 7 heteroatoms. The predicted molar refractivity (Wildman–Crippen MR) is 102 cm³/mol. The Balaban J connectivity index is 1.92. The molecule has 2 aromatic heterocycles. The van der Waals surface area contributed by atoms with Gasteiger partial charge in [0.25, 0.3) is 0 Å². The van der Waals surface area contributed by atoms with E-state index in [0.717, 1.165) is 17.0 Å². The standard InChI is InChI=1S/C20H16N6O/c1-2-27-15-10-8-13(9-11-15)18-23-16(12-21)17-19(25-18)26(20(22)24-17)14-6-4-3-5-7-14/h3-11H,2H2,1H3,(H2,22,24). The fraction of sp³-hybridized carbons (Fsp3) is 0.100. The normalized spacial score (nSPS) is 10.7. The molecule has 2 N–H and O–H groups in total. The monoisotopic (exact) mass is 356 g/mol. The van der Waals surface area contributed by atoms with Gasteiger partial charge in [0, 0.05) is 5.56 Å². The molecule has 0 aliphatic rings. The summed E-state index contributed by atoms with van der Waals surface area (Å²) in [5.41, 5.74) is 8.76. The van der Waals surface area contributed by atoms with Crippen LogP contribution in [0.3, 0.4) is 0 Å². The molecule has 0 spiro atoms. The van der Waals surface area contributed by atoms with Gasteiger partial charge in [-0.2, -0.15) is 5.26 Å². The van der Waals surface area contributed by atoms with Crippen molar-refractivity contribution in [2.24, 2.45) is 0 Å². The van der Waals surface area contributed by atoms with E-state index in [1.807, 2.05) is 61.5 Å². The van der Waals surface area contributed by atoms with E-state index in [9.17, 15) is 5.26 Å². The molecule has 2 heterocycles. The summed E-state index contributed by atoms with van der Waals surface area (Å²) in [7, 11) is 0. The van der Waals surface area contributed by atoms with E-state index in [4.69, 9.17) is 10.5 Å². The summed E-state index contributed by atoms with van der Waals surface area (Å²) in [6.45, 7) is 2.52. The summed E-state index contributed by atoms with van der Waals surface area (Å²) in [4.78, 5) is 13.3. The quantitative estimate of drug-likeness (QED) is 0.601. The van der Waals surface area contributed by atoms with Crippen molar-refractivity contribution in [2.75, 3.05) is 12.3 Å². The summed E-state index contributed by atoms with van der Waals surface area (Å²) < 4.78 is 7.19. The number of hydrogen-bond donors (Lipinski definition) is 1. The van der Waals surface area contributed by atoms with E-state index in [1.165, 1.54) is 0 Å². The van der Waals surface area contributed by atoms with Crippen LogP contribution < -0.4 is 10.5 Å². The molecule has 0 atom stereocenters. The molecule has 132 valence electrons. The van der Waals surface area contributed by atoms with Crippen LogP contribution in [0.1, 0.15) is 12.6 Å². The molecule has 4 rings (SSSR count). The van der Waals surface area contributed by atoms with E-state index in [2.05, 4.69) is 21.0 Å². The maximum atomic E-state index is 9.54. The zero-order valence-electron chi connectivity index (χ0n) is 14.6. The first-order chi connectivity index (χ1) is 13.2. The van der Waals surface area contributed by atoms with Crippen molar-refractivity contribution in [1.82, 2.24) is 19.5 Å². The highest BCUT2D eigenvalue weighted by Gasteiger charge is 2.18. The largest absolute Gasteiger partial charge is 0.494 e. The number of ether oxygens (including phenoxy) is 1. The molecule has 0 unspecified atom stereocenters. The average molecular weight is 356 g/mol. The number of anilines is 1. The maximum absolute atomic E-state index is 9.54. The second-order valence-electron chi connectivity index (χ2n) is 5.78. The fourth-order valence-corrected chi connectivity index (χ4v) is 2.88. The Labute approximate surface area is 155 Å². The van der Waals surface area contributed by atoms with Crippen LogP contribution in [0.2, 0.25) is 0 Å². The van der Waals surface area contributed by atoms with E-state index in [0.29, 0.717) is 23.6 Å². The van der Waals surface area contributed by atoms with Crippen molar-refractivity contribution in [2.45, 2.75) is 6.92 Å². The number of fused-ring (bicyclic) bond motifs is 1. The number of nitrogen functional groups attached to an aromatic ring is 1. The van der Waals surface area contributed by atoms with Crippen LogP contribution in [-0.2, 0) is 0 Å². The van der Waals surface area contributed by atoms with E-state index >= 15 is 0 Å². The molecule has 7 nitrogen and oxygen atoms in total. The zero-order chi connectivity index (χ0) is 18.8. The summed E-state index contributed by atoms with van der Waals surface area (Å²) in [5.74, 6) is 1.45. The van der Waals surface area contributed by atoms with Gasteiger partial charge in [0.1, 0.15) is 17.3 Å². The second kappa shape index (κ2) is 6.77. The van der Waals surface area contributed by atoms with Crippen LogP contribution in [0.25, 0.3) is 28.2 Å². The second-order valence-corrected chi connectivity index (χ2v) is 5.78. The van der Waals surface area contributed by atoms with Gasteiger partial charge in [0.15, 0.2) is 17.2 Å². The Bertz CT molecular complexity index is 1140. The lowest BCUT2D eigenvalue weighted by Crippen LogP contribution is -2.02. The van der Waals surface area contributed by atoms with Crippen molar-refractivity contribution in [3.05, 3.63) is 60.3 Å². The number of para-hydroxylation sites is 1. The number of nitriles is 1. The SMILES string of the molecule is CCOc1ccc(-c2nc(C#N)c3nc(N)n(-c4ccccc4)c3n2)cc1. The van der Waals surface area contributed by atoms with Crippen molar-refractivity contribution in [3.8, 4) is 28.9 Å². The van der Waals surface area contributed by atoms with Crippen LogP contribution >= 0.6 is 0 Å². The first kappa shape index (κ1) is 16.5. The van der Waals surface area contributed by atoms with Gasteiger partial charge < -0.3 is 10.5 Å². The van der Waals surface area contributed by atoms with Gasteiger partial charge >= 0.3 is 0 Å². The van der Waals surface area contributed by atoms with Gasteiger partial charge in [-0.15, -0.1) is 0 Å². The van der Waals surface area contributed by atoms with E-state index in [-0.39, 0.29) is 11.6 Å². The maximum Gasteiger partial charge on any atom is 0.207 e. The molecule has 0 bridgehead atoms. The number of nitrogens with zero attached hydrogens (tertiary/aromatic N) is 5. The predicted octanol–water partition coefficient (Wildman–Crippen LogP) is 3.34. The Hall–Kier alpha value is -3.92. The van der Waals surface area contributed by atoms with Crippen molar-refractivity contribution in [3.63, 3.8) is 0 Å². The third-order valence-corrected chi connectivity index (χ3v) is 4.08. The third-order valence-electron chi connectivity index (χ3n) is 4.08. The van der Waals surface area contributed by atoms with E-state index < -0.39 is 0 Å². The summed E-state index contributed by atoms with van der Waals surface area (Å²) >= 11 is 0. The number of aromatic nitrogens is 4. The lowest BCUT2D eigenvalue weighted by Gasteiger charge is -2.07. The molecule has 0 saturated carbocycles. The minimum Gasteiger partial charge on any atom is -0.494 e. The molecule has 0 radical (unpaired) electrons. The summed E-state index contributed by atoms with van der Waals surface area (Å²) in [5, 5.41) is 9.54. The van der Waals surface area contributed by atoms with Gasteiger partial charge in [0.2, 0.25) is 5.95 Å². The Morgan fingerprint density at radius 1 is 1.04 bits per heavy atom. The number of hydrogen-bond acceptors (Lipinski definition) is 6. The molecule has 0 aliphatic heterocycles. The molecule has 0 aliphatic carbocycles. The topological polar surface area (TPSA) is 103 Å². The smallest absolute Gasteiger partial charge is 0.207 e. The summed E-state index contributed by atoms with van der Waals surface area (Å²) in [6, 6.07) is 19.0. The molecule has 0 fully saturated rings. The van der Waals surface area contributed by atoms with E-state index in [1.54, 1.807) is 4.57 Å². The zero-order valence-corrected chi connectivity index (χ0v) is 14.6. The highest BCUT2D eigenvalue weighted by atomic mass is 16.5. The van der Waals surface area contributed by atoms with Crippen LogP contribution in [0.5, 0.6) is 5.75 Å². The molecule has 0 saturated heterocycles. The number of benzene rings is 2. The van der Waals surface area contributed by atoms with Gasteiger partial charge in [-0.1, -0.05) is 18.2 Å². The van der Waals surface area contributed by atoms with Gasteiger partial charge in [0.05, 0.1) is 12.3 Å². The van der Waals surface area contributed by atoms with Crippen molar-refractivity contribution in [1.29, 1.82) is 5.26 Å². The Morgan fingerprint density at radius 3 is 2.44 bits per heavy atom. The Kier molecular flexibility index (Phi) is 4.15. The fourth-order valence-electron chi connectivity index (χ4n) is 2.88. The molecular weight excluding hydrogens is 340 g/mol. The summed E-state index contributed by atoms with van der Waals surface area (Å²) in [6.07, 6.45) is 0. The lowest BCUT2D eigenvalue weighted by atomic mass is 10.2. The van der Waals surface area contributed by atoms with Crippen LogP contribution in [-0.4, -0.2) is 26.1 Å². The molecular formula is C20H16N6O. The molecule has 0 amide bonds. The highest BCUT2D eigenvalue weighted by Crippen LogP contribution is 2.27. The van der Waals surface area contributed by atoms with Crippen LogP contribution in [0, 0.1) is 11.3 Å². The van der Waals surface area contributed by atoms with Gasteiger partial charge in [-0.25, -0.2) is 15.0 Å².